The zero-order chi connectivity index (χ0) is 24.1. The van der Waals surface area contributed by atoms with Crippen LogP contribution in [0, 0.1) is 0 Å². The number of carbonyl (C=O) groups is 2. The van der Waals surface area contributed by atoms with Crippen LogP contribution in [0.15, 0.2) is 77.7 Å². The van der Waals surface area contributed by atoms with Gasteiger partial charge in [0, 0.05) is 34.5 Å². The van der Waals surface area contributed by atoms with Crippen LogP contribution in [0.1, 0.15) is 36.7 Å². The van der Waals surface area contributed by atoms with Crippen molar-refractivity contribution in [1.29, 1.82) is 0 Å². The average Bonchev–Trinajstić information content (AvgIpc) is 2.83. The molecule has 34 heavy (non-hydrogen) atoms. The highest BCUT2D eigenvalue weighted by Crippen LogP contribution is 2.38. The lowest BCUT2D eigenvalue weighted by molar-refractivity contribution is 0.0951. The summed E-state index contributed by atoms with van der Waals surface area (Å²) < 4.78 is 5.64. The second-order valence-corrected chi connectivity index (χ2v) is 9.99. The van der Waals surface area contributed by atoms with E-state index in [-0.39, 0.29) is 18.0 Å². The molecule has 0 spiro atoms. The number of hydrogen-bond acceptors (Lipinski definition) is 4. The fourth-order valence-corrected chi connectivity index (χ4v) is 4.83. The first-order valence-electron chi connectivity index (χ1n) is 11.4. The number of carbonyl (C=O) groups excluding carboxylic acids is 2. The van der Waals surface area contributed by atoms with E-state index in [9.17, 15) is 9.59 Å². The van der Waals surface area contributed by atoms with Crippen LogP contribution in [0.5, 0.6) is 5.75 Å². The third-order valence-electron chi connectivity index (χ3n) is 5.32. The van der Waals surface area contributed by atoms with Crippen LogP contribution in [-0.4, -0.2) is 29.8 Å². The van der Waals surface area contributed by atoms with Gasteiger partial charge >= 0.3 is 6.03 Å². The number of urea groups is 1. The first kappa shape index (κ1) is 23.7. The summed E-state index contributed by atoms with van der Waals surface area (Å²) in [6.07, 6.45) is 0.122. The van der Waals surface area contributed by atoms with E-state index in [4.69, 9.17) is 4.74 Å². The average molecular weight is 476 g/mol. The Bertz CT molecular complexity index is 1150. The maximum absolute atomic E-state index is 13.0. The molecular formula is C27H29N3O3S. The minimum Gasteiger partial charge on any atom is -0.491 e. The number of thioether (sulfide) groups is 1. The lowest BCUT2D eigenvalue weighted by Gasteiger charge is -2.32. The van der Waals surface area contributed by atoms with Gasteiger partial charge in [-0.25, -0.2) is 4.79 Å². The molecule has 3 aromatic rings. The maximum atomic E-state index is 13.0. The number of fused-ring (bicyclic) bond motifs is 1. The summed E-state index contributed by atoms with van der Waals surface area (Å²) in [5.74, 6) is 0.639. The van der Waals surface area contributed by atoms with Crippen molar-refractivity contribution in [2.45, 2.75) is 43.6 Å². The predicted octanol–water partition coefficient (Wildman–Crippen LogP) is 5.94. The summed E-state index contributed by atoms with van der Waals surface area (Å²) in [5.41, 5.74) is 3.09. The van der Waals surface area contributed by atoms with Crippen molar-refractivity contribution < 1.29 is 14.3 Å². The number of nitrogens with one attached hydrogen (secondary N) is 2. The molecular weight excluding hydrogens is 446 g/mol. The van der Waals surface area contributed by atoms with Crippen LogP contribution in [0.3, 0.4) is 0 Å². The van der Waals surface area contributed by atoms with Crippen LogP contribution in [0.4, 0.5) is 16.2 Å². The van der Waals surface area contributed by atoms with Gasteiger partial charge in [0.25, 0.3) is 5.91 Å². The Morgan fingerprint density at radius 1 is 1.03 bits per heavy atom. The van der Waals surface area contributed by atoms with E-state index >= 15 is 0 Å². The van der Waals surface area contributed by atoms with Crippen LogP contribution in [0.2, 0.25) is 0 Å². The van der Waals surface area contributed by atoms with E-state index < -0.39 is 0 Å². The fourth-order valence-electron chi connectivity index (χ4n) is 3.72. The van der Waals surface area contributed by atoms with Gasteiger partial charge in [0.2, 0.25) is 0 Å². The summed E-state index contributed by atoms with van der Waals surface area (Å²) in [5, 5.41) is 6.19. The summed E-state index contributed by atoms with van der Waals surface area (Å²) in [7, 11) is 0. The summed E-state index contributed by atoms with van der Waals surface area (Å²) in [4.78, 5) is 28.4. The Hall–Kier alpha value is -3.45. The number of hydrogen-bond donors (Lipinski definition) is 2. The Morgan fingerprint density at radius 3 is 2.44 bits per heavy atom. The van der Waals surface area contributed by atoms with Gasteiger partial charge in [0.05, 0.1) is 11.8 Å². The number of nitrogens with zero attached hydrogens (tertiary/aromatic N) is 1. The van der Waals surface area contributed by atoms with E-state index in [1.54, 1.807) is 40.9 Å². The zero-order valence-corrected chi connectivity index (χ0v) is 20.4. The third kappa shape index (κ3) is 5.91. The van der Waals surface area contributed by atoms with Crippen LogP contribution in [-0.2, 0) is 6.54 Å². The Kier molecular flexibility index (Phi) is 7.43. The number of benzene rings is 3. The van der Waals surface area contributed by atoms with Crippen molar-refractivity contribution in [3.63, 3.8) is 0 Å². The summed E-state index contributed by atoms with van der Waals surface area (Å²) in [6.45, 7) is 7.14. The minimum absolute atomic E-state index is 0.122. The lowest BCUT2D eigenvalue weighted by Crippen LogP contribution is -2.41. The van der Waals surface area contributed by atoms with Crippen LogP contribution >= 0.6 is 11.8 Å². The molecule has 2 N–H and O–H groups in total. The summed E-state index contributed by atoms with van der Waals surface area (Å²) in [6, 6.07) is 22.4. The Morgan fingerprint density at radius 2 is 1.74 bits per heavy atom. The first-order chi connectivity index (χ1) is 16.4. The number of ether oxygens (including phenoxy) is 1. The number of rotatable bonds is 6. The second kappa shape index (κ2) is 10.7. The van der Waals surface area contributed by atoms with E-state index in [0.29, 0.717) is 29.6 Å². The highest BCUT2D eigenvalue weighted by atomic mass is 32.2. The summed E-state index contributed by atoms with van der Waals surface area (Å²) >= 11 is 1.78. The van der Waals surface area contributed by atoms with Gasteiger partial charge in [0.1, 0.15) is 5.75 Å². The SMILES string of the molecule is CC(C)Oc1ccc(CNC(=O)c2ccc(NC(=O)N3C[C@H](C)Sc4ccccc43)cc2)cc1. The molecule has 3 aromatic carbocycles. The molecule has 1 heterocycles. The van der Waals surface area contributed by atoms with Gasteiger partial charge in [-0.15, -0.1) is 11.8 Å². The van der Waals surface area contributed by atoms with E-state index in [2.05, 4.69) is 17.6 Å². The van der Waals surface area contributed by atoms with Gasteiger partial charge in [-0.05, 0) is 67.9 Å². The number of para-hydroxylation sites is 1. The molecule has 7 heteroatoms. The standard InChI is InChI=1S/C27H29N3O3S/c1-18(2)33-23-14-8-20(9-15-23)16-28-26(31)21-10-12-22(13-11-21)29-27(32)30-17-19(3)34-25-7-5-4-6-24(25)30/h4-15,18-19H,16-17H2,1-3H3,(H,28,31)(H,29,32)/t19-/m0/s1. The molecule has 1 aliphatic heterocycles. The fraction of sp³-hybridized carbons (Fsp3) is 0.259. The lowest BCUT2D eigenvalue weighted by atomic mass is 10.1. The third-order valence-corrected chi connectivity index (χ3v) is 6.47. The van der Waals surface area contributed by atoms with Gasteiger partial charge in [0.15, 0.2) is 0 Å². The molecule has 0 aliphatic carbocycles. The molecule has 0 aromatic heterocycles. The molecule has 4 rings (SSSR count). The maximum Gasteiger partial charge on any atom is 0.326 e. The monoisotopic (exact) mass is 475 g/mol. The zero-order valence-electron chi connectivity index (χ0n) is 19.6. The topological polar surface area (TPSA) is 70.7 Å². The molecule has 1 aliphatic rings. The molecule has 0 fully saturated rings. The van der Waals surface area contributed by atoms with Crippen molar-refractivity contribution in [1.82, 2.24) is 5.32 Å². The smallest absolute Gasteiger partial charge is 0.326 e. The van der Waals surface area contributed by atoms with E-state index in [1.165, 1.54) is 0 Å². The molecule has 0 bridgehead atoms. The number of amides is 3. The highest BCUT2D eigenvalue weighted by Gasteiger charge is 2.26. The quantitative estimate of drug-likeness (QED) is 0.463. The molecule has 3 amide bonds. The van der Waals surface area contributed by atoms with Crippen molar-refractivity contribution >= 4 is 35.1 Å². The van der Waals surface area contributed by atoms with Crippen molar-refractivity contribution in [2.24, 2.45) is 0 Å². The molecule has 176 valence electrons. The van der Waals surface area contributed by atoms with Crippen LogP contribution in [0.25, 0.3) is 0 Å². The number of anilines is 2. The van der Waals surface area contributed by atoms with Crippen LogP contribution < -0.4 is 20.3 Å². The Balaban J connectivity index is 1.33. The van der Waals surface area contributed by atoms with Gasteiger partial charge in [-0.1, -0.05) is 31.2 Å². The molecule has 1 atom stereocenters. The molecule has 0 saturated heterocycles. The molecule has 0 saturated carbocycles. The molecule has 6 nitrogen and oxygen atoms in total. The van der Waals surface area contributed by atoms with E-state index in [0.717, 1.165) is 21.9 Å². The predicted molar refractivity (Wildman–Crippen MR) is 138 cm³/mol. The normalized spacial score (nSPS) is 14.9. The van der Waals surface area contributed by atoms with Crippen molar-refractivity contribution in [2.75, 3.05) is 16.8 Å². The van der Waals surface area contributed by atoms with Gasteiger partial charge in [-0.2, -0.15) is 0 Å². The second-order valence-electron chi connectivity index (χ2n) is 8.51. The van der Waals surface area contributed by atoms with Gasteiger partial charge in [-0.3, -0.25) is 9.69 Å². The first-order valence-corrected chi connectivity index (χ1v) is 12.2. The van der Waals surface area contributed by atoms with Crippen molar-refractivity contribution in [3.05, 3.63) is 83.9 Å². The van der Waals surface area contributed by atoms with E-state index in [1.807, 2.05) is 62.4 Å². The largest absolute Gasteiger partial charge is 0.491 e. The molecule has 0 unspecified atom stereocenters. The van der Waals surface area contributed by atoms with Gasteiger partial charge < -0.3 is 15.4 Å². The minimum atomic E-state index is -0.179. The molecule has 0 radical (unpaired) electrons. The highest BCUT2D eigenvalue weighted by molar-refractivity contribution is 8.00. The Labute approximate surface area is 204 Å². The van der Waals surface area contributed by atoms with Crippen molar-refractivity contribution in [3.8, 4) is 5.75 Å².